The quantitative estimate of drug-likeness (QED) is 0.596. The number of aryl methyl sites for hydroxylation is 1. The van der Waals surface area contributed by atoms with Gasteiger partial charge in [0.15, 0.2) is 0 Å². The van der Waals surface area contributed by atoms with Crippen molar-refractivity contribution in [1.82, 2.24) is 0 Å². The van der Waals surface area contributed by atoms with Gasteiger partial charge >= 0.3 is 12.1 Å². The third-order valence-electron chi connectivity index (χ3n) is 2.62. The average molecular weight is 288 g/mol. The van der Waals surface area contributed by atoms with Gasteiger partial charge in [-0.1, -0.05) is 12.1 Å². The van der Waals surface area contributed by atoms with Crippen LogP contribution >= 0.6 is 0 Å². The van der Waals surface area contributed by atoms with Crippen LogP contribution in [-0.2, 0) is 26.9 Å². The van der Waals surface area contributed by atoms with Gasteiger partial charge in [-0.3, -0.25) is 9.59 Å². The second-order valence-electron chi connectivity index (χ2n) is 4.22. The van der Waals surface area contributed by atoms with Crippen LogP contribution in [0.25, 0.3) is 0 Å². The normalized spacial score (nSPS) is 11.2. The summed E-state index contributed by atoms with van der Waals surface area (Å²) in [7, 11) is 0. The van der Waals surface area contributed by atoms with Gasteiger partial charge in [0.25, 0.3) is 0 Å². The van der Waals surface area contributed by atoms with Crippen molar-refractivity contribution in [3.05, 3.63) is 35.4 Å². The Morgan fingerprint density at radius 1 is 1.15 bits per heavy atom. The first kappa shape index (κ1) is 16.2. The van der Waals surface area contributed by atoms with Crippen molar-refractivity contribution in [1.29, 1.82) is 0 Å². The van der Waals surface area contributed by atoms with Crippen LogP contribution in [0, 0.1) is 0 Å². The lowest BCUT2D eigenvalue weighted by Crippen LogP contribution is -2.11. The van der Waals surface area contributed by atoms with Crippen molar-refractivity contribution < 1.29 is 27.5 Å². The molecule has 0 radical (unpaired) electrons. The monoisotopic (exact) mass is 288 g/mol. The third-order valence-corrected chi connectivity index (χ3v) is 2.62. The highest BCUT2D eigenvalue weighted by Crippen LogP contribution is 2.29. The minimum absolute atomic E-state index is 0.101. The number of alkyl halides is 3. The molecule has 0 unspecified atom stereocenters. The van der Waals surface area contributed by atoms with Crippen molar-refractivity contribution >= 4 is 11.8 Å². The van der Waals surface area contributed by atoms with Crippen LogP contribution < -0.4 is 0 Å². The van der Waals surface area contributed by atoms with Gasteiger partial charge < -0.3 is 4.74 Å². The number of carbonyl (C=O) groups is 2. The number of ketones is 1. The smallest absolute Gasteiger partial charge is 0.416 e. The molecule has 0 aromatic heterocycles. The second kappa shape index (κ2) is 7.07. The van der Waals surface area contributed by atoms with E-state index in [4.69, 9.17) is 0 Å². The van der Waals surface area contributed by atoms with Crippen LogP contribution in [-0.4, -0.2) is 18.4 Å². The summed E-state index contributed by atoms with van der Waals surface area (Å²) in [6.45, 7) is 1.86. The predicted octanol–water partition coefficient (Wildman–Crippen LogP) is 3.16. The summed E-state index contributed by atoms with van der Waals surface area (Å²) in [4.78, 5) is 22.5. The standard InChI is InChI=1S/C14H15F3O3/c1-2-20-13(19)9-12(18)8-5-10-3-6-11(7-4-10)14(15,16)17/h3-4,6-7H,2,5,8-9H2,1H3. The lowest BCUT2D eigenvalue weighted by molar-refractivity contribution is -0.145. The minimum Gasteiger partial charge on any atom is -0.466 e. The first-order valence-corrected chi connectivity index (χ1v) is 6.16. The van der Waals surface area contributed by atoms with Crippen LogP contribution in [0.1, 0.15) is 30.9 Å². The number of hydrogen-bond acceptors (Lipinski definition) is 3. The fourth-order valence-electron chi connectivity index (χ4n) is 1.61. The molecule has 110 valence electrons. The Labute approximate surface area is 114 Å². The Morgan fingerprint density at radius 2 is 1.75 bits per heavy atom. The van der Waals surface area contributed by atoms with Gasteiger partial charge in [0, 0.05) is 6.42 Å². The Morgan fingerprint density at radius 3 is 2.25 bits per heavy atom. The number of ether oxygens (including phenoxy) is 1. The summed E-state index contributed by atoms with van der Waals surface area (Å²) in [5.74, 6) is -0.867. The van der Waals surface area contributed by atoms with Crippen molar-refractivity contribution in [2.75, 3.05) is 6.61 Å². The molecule has 1 aromatic carbocycles. The maximum Gasteiger partial charge on any atom is 0.416 e. The molecule has 3 nitrogen and oxygen atoms in total. The van der Waals surface area contributed by atoms with E-state index in [9.17, 15) is 22.8 Å². The zero-order chi connectivity index (χ0) is 15.2. The molecule has 0 amide bonds. The molecular formula is C14H15F3O3. The molecule has 0 saturated carbocycles. The molecule has 0 N–H and O–H groups in total. The molecular weight excluding hydrogens is 273 g/mol. The highest BCUT2D eigenvalue weighted by atomic mass is 19.4. The van der Waals surface area contributed by atoms with E-state index in [2.05, 4.69) is 4.74 Å². The van der Waals surface area contributed by atoms with Gasteiger partial charge in [-0.15, -0.1) is 0 Å². The topological polar surface area (TPSA) is 43.4 Å². The molecule has 0 spiro atoms. The largest absolute Gasteiger partial charge is 0.466 e. The number of Topliss-reactive ketones (excluding diaryl/α,β-unsaturated/α-hetero) is 1. The van der Waals surface area contributed by atoms with Crippen LogP contribution in [0.5, 0.6) is 0 Å². The zero-order valence-electron chi connectivity index (χ0n) is 11.0. The maximum absolute atomic E-state index is 12.3. The highest BCUT2D eigenvalue weighted by molar-refractivity contribution is 5.95. The van der Waals surface area contributed by atoms with Gasteiger partial charge in [0.2, 0.25) is 0 Å². The number of esters is 1. The average Bonchev–Trinajstić information content (AvgIpc) is 2.36. The number of halogens is 3. The molecule has 0 aliphatic carbocycles. The molecule has 0 aliphatic rings. The Bertz CT molecular complexity index is 464. The van der Waals surface area contributed by atoms with Crippen LogP contribution in [0.3, 0.4) is 0 Å². The van der Waals surface area contributed by atoms with Gasteiger partial charge in [0.05, 0.1) is 12.2 Å². The second-order valence-corrected chi connectivity index (χ2v) is 4.22. The van der Waals surface area contributed by atoms with Gasteiger partial charge in [-0.2, -0.15) is 13.2 Å². The molecule has 20 heavy (non-hydrogen) atoms. The van der Waals surface area contributed by atoms with E-state index in [1.54, 1.807) is 6.92 Å². The van der Waals surface area contributed by atoms with Crippen molar-refractivity contribution in [3.63, 3.8) is 0 Å². The Kier molecular flexibility index (Phi) is 5.73. The van der Waals surface area contributed by atoms with Crippen LogP contribution in [0.15, 0.2) is 24.3 Å². The summed E-state index contributed by atoms with van der Waals surface area (Å²) in [5, 5.41) is 0. The number of carbonyl (C=O) groups excluding carboxylic acids is 2. The summed E-state index contributed by atoms with van der Waals surface area (Å²) in [5.41, 5.74) is -0.102. The van der Waals surface area contributed by atoms with E-state index in [1.165, 1.54) is 12.1 Å². The fraction of sp³-hybridized carbons (Fsp3) is 0.429. The SMILES string of the molecule is CCOC(=O)CC(=O)CCc1ccc(C(F)(F)F)cc1. The molecule has 0 heterocycles. The van der Waals surface area contributed by atoms with Crippen LogP contribution in [0.4, 0.5) is 13.2 Å². The van der Waals surface area contributed by atoms with E-state index in [0.29, 0.717) is 12.0 Å². The van der Waals surface area contributed by atoms with E-state index < -0.39 is 17.7 Å². The van der Waals surface area contributed by atoms with Crippen molar-refractivity contribution in [2.24, 2.45) is 0 Å². The van der Waals surface area contributed by atoms with Gasteiger partial charge in [-0.05, 0) is 31.0 Å². The first-order chi connectivity index (χ1) is 9.32. The highest BCUT2D eigenvalue weighted by Gasteiger charge is 2.29. The molecule has 0 aliphatic heterocycles. The molecule has 1 rings (SSSR count). The summed E-state index contributed by atoms with van der Waals surface area (Å²) < 4.78 is 41.7. The van der Waals surface area contributed by atoms with Crippen LogP contribution in [0.2, 0.25) is 0 Å². The van der Waals surface area contributed by atoms with Crippen molar-refractivity contribution in [2.45, 2.75) is 32.4 Å². The molecule has 0 saturated heterocycles. The summed E-state index contributed by atoms with van der Waals surface area (Å²) in [6.07, 6.45) is -4.26. The van der Waals surface area contributed by atoms with E-state index in [1.807, 2.05) is 0 Å². The third kappa shape index (κ3) is 5.42. The molecule has 1 aromatic rings. The van der Waals surface area contributed by atoms with Gasteiger partial charge in [0.1, 0.15) is 12.2 Å². The minimum atomic E-state index is -4.36. The van der Waals surface area contributed by atoms with E-state index in [0.717, 1.165) is 12.1 Å². The predicted molar refractivity (Wildman–Crippen MR) is 66.0 cm³/mol. The molecule has 0 fully saturated rings. The summed E-state index contributed by atoms with van der Waals surface area (Å²) >= 11 is 0. The van der Waals surface area contributed by atoms with E-state index in [-0.39, 0.29) is 25.2 Å². The lowest BCUT2D eigenvalue weighted by atomic mass is 10.0. The lowest BCUT2D eigenvalue weighted by Gasteiger charge is -2.07. The Hall–Kier alpha value is -1.85. The number of rotatable bonds is 6. The molecule has 6 heteroatoms. The number of benzene rings is 1. The summed E-state index contributed by atoms with van der Waals surface area (Å²) in [6, 6.07) is 4.62. The zero-order valence-corrected chi connectivity index (χ0v) is 11.0. The van der Waals surface area contributed by atoms with E-state index >= 15 is 0 Å². The molecule has 0 bridgehead atoms. The first-order valence-electron chi connectivity index (χ1n) is 6.16. The fourth-order valence-corrected chi connectivity index (χ4v) is 1.61. The maximum atomic E-state index is 12.3. The van der Waals surface area contributed by atoms with Crippen molar-refractivity contribution in [3.8, 4) is 0 Å². The van der Waals surface area contributed by atoms with Gasteiger partial charge in [-0.25, -0.2) is 0 Å². The Balaban J connectivity index is 2.46. The molecule has 0 atom stereocenters. The number of hydrogen-bond donors (Lipinski definition) is 0.